The molecule has 0 unspecified atom stereocenters. The van der Waals surface area contributed by atoms with Crippen LogP contribution in [-0.4, -0.2) is 49.9 Å². The van der Waals surface area contributed by atoms with Gasteiger partial charge in [-0.25, -0.2) is 9.59 Å². The fourth-order valence-corrected chi connectivity index (χ4v) is 7.43. The molecular formula is C52H98O7. The zero-order valence-electron chi connectivity index (χ0n) is 40.5. The van der Waals surface area contributed by atoms with E-state index < -0.39 is 23.5 Å². The lowest BCUT2D eigenvalue weighted by Crippen LogP contribution is -2.51. The lowest BCUT2D eigenvalue weighted by Gasteiger charge is -2.32. The van der Waals surface area contributed by atoms with Gasteiger partial charge in [0, 0.05) is 0 Å². The molecule has 0 N–H and O–H groups in total. The zero-order valence-corrected chi connectivity index (χ0v) is 40.5. The summed E-state index contributed by atoms with van der Waals surface area (Å²) in [7, 11) is 0. The van der Waals surface area contributed by atoms with Crippen molar-refractivity contribution >= 4 is 11.9 Å². The Kier molecular flexibility index (Phi) is 39.5. The van der Waals surface area contributed by atoms with Crippen molar-refractivity contribution in [2.45, 2.75) is 272 Å². The third kappa shape index (κ3) is 31.9. The van der Waals surface area contributed by atoms with Crippen molar-refractivity contribution in [2.75, 3.05) is 26.4 Å². The van der Waals surface area contributed by atoms with Crippen molar-refractivity contribution in [3.8, 4) is 0 Å². The topological polar surface area (TPSA) is 80.3 Å². The number of esters is 2. The Morgan fingerprint density at radius 2 is 0.508 bits per heavy atom. The van der Waals surface area contributed by atoms with Gasteiger partial charge in [0.1, 0.15) is 0 Å². The Hall–Kier alpha value is -1.54. The Morgan fingerprint density at radius 3 is 0.695 bits per heavy atom. The van der Waals surface area contributed by atoms with Gasteiger partial charge in [0.15, 0.2) is 0 Å². The van der Waals surface area contributed by atoms with Gasteiger partial charge in [-0.1, -0.05) is 219 Å². The second kappa shape index (κ2) is 40.5. The van der Waals surface area contributed by atoms with Gasteiger partial charge in [-0.15, -0.1) is 0 Å². The van der Waals surface area contributed by atoms with Gasteiger partial charge in [-0.3, -0.25) is 0 Å². The lowest BCUT2D eigenvalue weighted by atomic mass is 10.1. The second-order valence-corrected chi connectivity index (χ2v) is 17.7. The quantitative estimate of drug-likeness (QED) is 0.0199. The summed E-state index contributed by atoms with van der Waals surface area (Å²) in [5.41, 5.74) is 1.68. The predicted octanol–water partition coefficient (Wildman–Crippen LogP) is 16.0. The molecule has 0 spiro atoms. The van der Waals surface area contributed by atoms with E-state index in [1.165, 1.54) is 128 Å². The molecule has 0 aliphatic carbocycles. The van der Waals surface area contributed by atoms with Crippen LogP contribution in [0.3, 0.4) is 0 Å². The van der Waals surface area contributed by atoms with Crippen molar-refractivity contribution < 1.29 is 33.3 Å². The van der Waals surface area contributed by atoms with E-state index in [-0.39, 0.29) is 0 Å². The summed E-state index contributed by atoms with van der Waals surface area (Å²) in [6.07, 6.45) is 40.1. The fourth-order valence-electron chi connectivity index (χ4n) is 7.43. The Labute approximate surface area is 366 Å². The van der Waals surface area contributed by atoms with Crippen LogP contribution in [0, 0.1) is 0 Å². The van der Waals surface area contributed by atoms with Crippen molar-refractivity contribution in [3.63, 3.8) is 0 Å². The number of hydrogen-bond acceptors (Lipinski definition) is 7. The number of allylic oxidation sites excluding steroid dienone is 2. The van der Waals surface area contributed by atoms with Crippen molar-refractivity contribution in [1.82, 2.24) is 0 Å². The van der Waals surface area contributed by atoms with Crippen LogP contribution < -0.4 is 0 Å². The summed E-state index contributed by atoms with van der Waals surface area (Å²) in [5.74, 6) is -5.44. The summed E-state index contributed by atoms with van der Waals surface area (Å²) in [5, 5.41) is 0. The van der Waals surface area contributed by atoms with E-state index in [1.54, 1.807) is 12.2 Å². The maximum absolute atomic E-state index is 14.5. The number of hydrogen-bond donors (Lipinski definition) is 0. The van der Waals surface area contributed by atoms with Gasteiger partial charge in [0.25, 0.3) is 11.6 Å². The highest BCUT2D eigenvalue weighted by Crippen LogP contribution is 2.27. The first-order valence-electron chi connectivity index (χ1n) is 25.3. The number of ether oxygens (including phenoxy) is 5. The van der Waals surface area contributed by atoms with Gasteiger partial charge in [-0.05, 0) is 65.5 Å². The third-order valence-corrected chi connectivity index (χ3v) is 11.0. The molecule has 0 aliphatic heterocycles. The number of carbonyl (C=O) groups is 2. The van der Waals surface area contributed by atoms with Crippen molar-refractivity contribution in [2.24, 2.45) is 0 Å². The summed E-state index contributed by atoms with van der Waals surface area (Å²) < 4.78 is 31.5. The van der Waals surface area contributed by atoms with Crippen LogP contribution in [0.25, 0.3) is 0 Å². The van der Waals surface area contributed by atoms with Crippen LogP contribution >= 0.6 is 0 Å². The SMILES string of the molecule is CCCCCCCCCCOC(C=C(C)C)(OCCCCCCCCCC)C(=O)OC(=O)C(C=C(C)C)(OCCCCCCCCCC)OCCCCCCCCCC. The van der Waals surface area contributed by atoms with E-state index in [2.05, 4.69) is 27.7 Å². The molecule has 0 heterocycles. The summed E-state index contributed by atoms with van der Waals surface area (Å²) in [4.78, 5) is 28.9. The Morgan fingerprint density at radius 1 is 0.322 bits per heavy atom. The van der Waals surface area contributed by atoms with Gasteiger partial charge >= 0.3 is 11.9 Å². The Balaban J connectivity index is 6.11. The largest absolute Gasteiger partial charge is 0.384 e. The van der Waals surface area contributed by atoms with Crippen LogP contribution in [0.15, 0.2) is 23.3 Å². The first-order chi connectivity index (χ1) is 28.6. The average molecular weight is 835 g/mol. The van der Waals surface area contributed by atoms with Crippen LogP contribution in [0.4, 0.5) is 0 Å². The molecule has 0 bridgehead atoms. The normalized spacial score (nSPS) is 11.9. The molecule has 0 saturated carbocycles. The molecule has 0 aromatic rings. The molecule has 0 saturated heterocycles. The van der Waals surface area contributed by atoms with E-state index >= 15 is 0 Å². The molecule has 0 aromatic heterocycles. The molecule has 0 rings (SSSR count). The highest BCUT2D eigenvalue weighted by molar-refractivity contribution is 5.94. The number of rotatable bonds is 44. The molecule has 348 valence electrons. The minimum Gasteiger partial charge on any atom is -0.384 e. The van der Waals surface area contributed by atoms with Crippen LogP contribution in [0.5, 0.6) is 0 Å². The third-order valence-electron chi connectivity index (χ3n) is 11.0. The van der Waals surface area contributed by atoms with E-state index in [4.69, 9.17) is 23.7 Å². The highest BCUT2D eigenvalue weighted by atomic mass is 16.8. The monoisotopic (exact) mass is 835 g/mol. The van der Waals surface area contributed by atoms with Gasteiger partial charge in [0.05, 0.1) is 26.4 Å². The minimum absolute atomic E-state index is 0.322. The van der Waals surface area contributed by atoms with E-state index in [0.717, 1.165) is 88.2 Å². The van der Waals surface area contributed by atoms with Crippen LogP contribution in [-0.2, 0) is 33.3 Å². The molecular weight excluding hydrogens is 737 g/mol. The summed E-state index contributed by atoms with van der Waals surface area (Å²) in [6.45, 7) is 17.9. The van der Waals surface area contributed by atoms with Crippen LogP contribution in [0.1, 0.15) is 261 Å². The standard InChI is InChI=1S/C52H98O7/c1-9-13-17-21-25-29-33-37-41-55-51(45-47(5)6,56-42-38-34-30-26-22-18-14-10-2)49(53)59-50(54)52(46-48(7)8,57-43-39-35-31-27-23-19-15-11-3)58-44-40-36-32-28-24-20-16-12-4/h45-46H,9-44H2,1-8H3. The minimum atomic E-state index is -1.84. The highest BCUT2D eigenvalue weighted by Gasteiger charge is 2.48. The summed E-state index contributed by atoms with van der Waals surface area (Å²) >= 11 is 0. The maximum Gasteiger partial charge on any atom is 0.379 e. The van der Waals surface area contributed by atoms with E-state index in [0.29, 0.717) is 26.4 Å². The van der Waals surface area contributed by atoms with E-state index in [9.17, 15) is 9.59 Å². The van der Waals surface area contributed by atoms with Gasteiger partial charge in [0.2, 0.25) is 0 Å². The summed E-state index contributed by atoms with van der Waals surface area (Å²) in [6, 6.07) is 0. The number of carbonyl (C=O) groups excluding carboxylic acids is 2. The molecule has 0 amide bonds. The molecule has 7 nitrogen and oxygen atoms in total. The maximum atomic E-state index is 14.5. The molecule has 0 radical (unpaired) electrons. The first kappa shape index (κ1) is 57.5. The molecule has 0 fully saturated rings. The molecule has 0 aliphatic rings. The molecule has 7 heteroatoms. The molecule has 59 heavy (non-hydrogen) atoms. The Bertz CT molecular complexity index is 902. The first-order valence-corrected chi connectivity index (χ1v) is 25.3. The van der Waals surface area contributed by atoms with Gasteiger partial charge in [-0.2, -0.15) is 0 Å². The zero-order chi connectivity index (χ0) is 43.7. The second-order valence-electron chi connectivity index (χ2n) is 17.7. The average Bonchev–Trinajstić information content (AvgIpc) is 3.20. The van der Waals surface area contributed by atoms with Crippen molar-refractivity contribution in [1.29, 1.82) is 0 Å². The number of unbranched alkanes of at least 4 members (excludes halogenated alkanes) is 28. The fraction of sp³-hybridized carbons (Fsp3) is 0.885. The van der Waals surface area contributed by atoms with Crippen molar-refractivity contribution in [3.05, 3.63) is 23.3 Å². The predicted molar refractivity (Wildman–Crippen MR) is 250 cm³/mol. The van der Waals surface area contributed by atoms with Gasteiger partial charge < -0.3 is 23.7 Å². The van der Waals surface area contributed by atoms with Crippen LogP contribution in [0.2, 0.25) is 0 Å². The lowest BCUT2D eigenvalue weighted by molar-refractivity contribution is -0.246. The van der Waals surface area contributed by atoms with E-state index in [1.807, 2.05) is 27.7 Å². The smallest absolute Gasteiger partial charge is 0.379 e. The molecule has 0 atom stereocenters. The molecule has 0 aromatic carbocycles.